The lowest BCUT2D eigenvalue weighted by atomic mass is 9.91. The van der Waals surface area contributed by atoms with Crippen molar-refractivity contribution in [1.82, 2.24) is 4.90 Å². The lowest BCUT2D eigenvalue weighted by Gasteiger charge is -2.38. The maximum atomic E-state index is 12.4. The number of rotatable bonds is 3. The third-order valence-corrected chi connectivity index (χ3v) is 4.26. The first kappa shape index (κ1) is 14.8. The highest BCUT2D eigenvalue weighted by atomic mass is 16.5. The van der Waals surface area contributed by atoms with Gasteiger partial charge in [0.05, 0.1) is 18.3 Å². The molecule has 0 aliphatic carbocycles. The molecule has 2 fully saturated rings. The summed E-state index contributed by atoms with van der Waals surface area (Å²) >= 11 is 0. The molecular weight excluding hydrogens is 246 g/mol. The van der Waals surface area contributed by atoms with Gasteiger partial charge in [-0.1, -0.05) is 6.92 Å². The van der Waals surface area contributed by atoms with E-state index in [-0.39, 0.29) is 24.0 Å². The van der Waals surface area contributed by atoms with Gasteiger partial charge in [-0.15, -0.1) is 0 Å². The molecule has 0 spiro atoms. The van der Waals surface area contributed by atoms with Crippen molar-refractivity contribution in [2.45, 2.75) is 50.9 Å². The minimum absolute atomic E-state index is 0.0799. The van der Waals surface area contributed by atoms with Gasteiger partial charge in [0.15, 0.2) is 0 Å². The van der Waals surface area contributed by atoms with Crippen molar-refractivity contribution in [3.63, 3.8) is 0 Å². The topological polar surface area (TPSA) is 59.0 Å². The Hall–Kier alpha value is -0.650. The van der Waals surface area contributed by atoms with E-state index in [2.05, 4.69) is 6.92 Å². The van der Waals surface area contributed by atoms with Gasteiger partial charge >= 0.3 is 0 Å². The molecule has 3 unspecified atom stereocenters. The van der Waals surface area contributed by atoms with Crippen molar-refractivity contribution in [1.29, 1.82) is 0 Å². The second kappa shape index (κ2) is 5.77. The zero-order chi connectivity index (χ0) is 14.0. The summed E-state index contributed by atoms with van der Waals surface area (Å²) in [4.78, 5) is 14.2. The average molecular weight is 271 g/mol. The van der Waals surface area contributed by atoms with E-state index in [9.17, 15) is 9.90 Å². The summed E-state index contributed by atoms with van der Waals surface area (Å²) in [5.41, 5.74) is -0.777. The molecule has 0 saturated carbocycles. The second-order valence-corrected chi connectivity index (χ2v) is 6.06. The molecule has 2 saturated heterocycles. The quantitative estimate of drug-likeness (QED) is 0.825. The number of nitrogens with zero attached hydrogens (tertiary/aromatic N) is 1. The van der Waals surface area contributed by atoms with Crippen molar-refractivity contribution < 1.29 is 19.4 Å². The van der Waals surface area contributed by atoms with Crippen molar-refractivity contribution in [2.75, 3.05) is 26.8 Å². The summed E-state index contributed by atoms with van der Waals surface area (Å²) in [6.07, 6.45) is 1.95. The zero-order valence-corrected chi connectivity index (χ0v) is 12.1. The van der Waals surface area contributed by atoms with Gasteiger partial charge in [-0.25, -0.2) is 0 Å². The predicted molar refractivity (Wildman–Crippen MR) is 70.8 cm³/mol. The summed E-state index contributed by atoms with van der Waals surface area (Å²) in [6, 6.07) is 0. The van der Waals surface area contributed by atoms with Crippen molar-refractivity contribution in [3.8, 4) is 0 Å². The van der Waals surface area contributed by atoms with Gasteiger partial charge < -0.3 is 19.5 Å². The fraction of sp³-hybridized carbons (Fsp3) is 0.929. The summed E-state index contributed by atoms with van der Waals surface area (Å²) in [5.74, 6) is 0.360. The standard InChI is InChI=1S/C14H25NO4/c1-10-8-11(2)19-12(10)13(16)15-6-4-14(17,5-7-15)9-18-3/h10-12,17H,4-9H2,1-3H3. The minimum atomic E-state index is -0.777. The number of methoxy groups -OCH3 is 1. The van der Waals surface area contributed by atoms with Crippen LogP contribution in [0.4, 0.5) is 0 Å². The van der Waals surface area contributed by atoms with Crippen molar-refractivity contribution >= 4 is 5.91 Å². The van der Waals surface area contributed by atoms with Crippen LogP contribution in [-0.2, 0) is 14.3 Å². The Balaban J connectivity index is 1.89. The number of ether oxygens (including phenoxy) is 2. The second-order valence-electron chi connectivity index (χ2n) is 6.06. The summed E-state index contributed by atoms with van der Waals surface area (Å²) in [6.45, 7) is 5.58. The van der Waals surface area contributed by atoms with Crippen LogP contribution in [0.15, 0.2) is 0 Å². The van der Waals surface area contributed by atoms with E-state index >= 15 is 0 Å². The van der Waals surface area contributed by atoms with E-state index in [0.717, 1.165) is 6.42 Å². The molecule has 0 radical (unpaired) electrons. The molecular formula is C14H25NO4. The molecule has 110 valence electrons. The highest BCUT2D eigenvalue weighted by Gasteiger charge is 2.40. The van der Waals surface area contributed by atoms with Gasteiger partial charge in [-0.3, -0.25) is 4.79 Å². The molecule has 0 aromatic carbocycles. The maximum absolute atomic E-state index is 12.4. The first-order chi connectivity index (χ1) is 8.95. The van der Waals surface area contributed by atoms with E-state index in [1.807, 2.05) is 11.8 Å². The van der Waals surface area contributed by atoms with E-state index in [1.54, 1.807) is 7.11 Å². The summed E-state index contributed by atoms with van der Waals surface area (Å²) in [7, 11) is 1.59. The minimum Gasteiger partial charge on any atom is -0.387 e. The van der Waals surface area contributed by atoms with Gasteiger partial charge in [-0.05, 0) is 32.1 Å². The van der Waals surface area contributed by atoms with Crippen LogP contribution in [0, 0.1) is 5.92 Å². The van der Waals surface area contributed by atoms with Crippen LogP contribution in [0.1, 0.15) is 33.1 Å². The predicted octanol–water partition coefficient (Wildman–Crippen LogP) is 0.800. The van der Waals surface area contributed by atoms with E-state index in [1.165, 1.54) is 0 Å². The number of piperidine rings is 1. The van der Waals surface area contributed by atoms with Crippen molar-refractivity contribution in [3.05, 3.63) is 0 Å². The van der Waals surface area contributed by atoms with Gasteiger partial charge in [-0.2, -0.15) is 0 Å². The summed E-state index contributed by atoms with van der Waals surface area (Å²) < 4.78 is 10.7. The van der Waals surface area contributed by atoms with Gasteiger partial charge in [0.1, 0.15) is 6.10 Å². The van der Waals surface area contributed by atoms with Crippen molar-refractivity contribution in [2.24, 2.45) is 5.92 Å². The number of likely N-dealkylation sites (tertiary alicyclic amines) is 1. The molecule has 19 heavy (non-hydrogen) atoms. The highest BCUT2D eigenvalue weighted by molar-refractivity contribution is 5.81. The third-order valence-electron chi connectivity index (χ3n) is 4.26. The summed E-state index contributed by atoms with van der Waals surface area (Å²) in [5, 5.41) is 10.2. The fourth-order valence-electron chi connectivity index (χ4n) is 3.13. The molecule has 2 aliphatic rings. The smallest absolute Gasteiger partial charge is 0.251 e. The molecule has 0 aromatic heterocycles. The van der Waals surface area contributed by atoms with Crippen LogP contribution in [0.3, 0.4) is 0 Å². The Morgan fingerprint density at radius 2 is 2.05 bits per heavy atom. The molecule has 2 rings (SSSR count). The normalized spacial score (nSPS) is 34.5. The van der Waals surface area contributed by atoms with Crippen LogP contribution in [0.5, 0.6) is 0 Å². The van der Waals surface area contributed by atoms with E-state index in [4.69, 9.17) is 9.47 Å². The molecule has 3 atom stereocenters. The first-order valence-electron chi connectivity index (χ1n) is 7.11. The van der Waals surface area contributed by atoms with Gasteiger partial charge in [0.25, 0.3) is 5.91 Å². The molecule has 1 amide bonds. The number of amides is 1. The Labute approximate surface area is 114 Å². The lowest BCUT2D eigenvalue weighted by molar-refractivity contribution is -0.150. The molecule has 1 N–H and O–H groups in total. The number of hydrogen-bond donors (Lipinski definition) is 1. The molecule has 2 heterocycles. The van der Waals surface area contributed by atoms with E-state index < -0.39 is 5.60 Å². The van der Waals surface area contributed by atoms with Gasteiger partial charge in [0, 0.05) is 20.2 Å². The molecule has 0 bridgehead atoms. The lowest BCUT2D eigenvalue weighted by Crippen LogP contribution is -2.51. The van der Waals surface area contributed by atoms with E-state index in [0.29, 0.717) is 32.5 Å². The number of aliphatic hydroxyl groups is 1. The van der Waals surface area contributed by atoms with Crippen LogP contribution < -0.4 is 0 Å². The first-order valence-corrected chi connectivity index (χ1v) is 7.11. The maximum Gasteiger partial charge on any atom is 0.251 e. The van der Waals surface area contributed by atoms with Crippen LogP contribution in [-0.4, -0.2) is 60.5 Å². The Kier molecular flexibility index (Phi) is 4.48. The molecule has 2 aliphatic heterocycles. The van der Waals surface area contributed by atoms with Gasteiger partial charge in [0.2, 0.25) is 0 Å². The number of carbonyl (C=O) groups is 1. The fourth-order valence-corrected chi connectivity index (χ4v) is 3.13. The molecule has 5 nitrogen and oxygen atoms in total. The third kappa shape index (κ3) is 3.27. The SMILES string of the molecule is COCC1(O)CCN(C(=O)C2OC(C)CC2C)CC1. The molecule has 5 heteroatoms. The number of hydrogen-bond acceptors (Lipinski definition) is 4. The van der Waals surface area contributed by atoms with Crippen LogP contribution in [0.25, 0.3) is 0 Å². The number of carbonyl (C=O) groups excluding carboxylic acids is 1. The van der Waals surface area contributed by atoms with Crippen LogP contribution in [0.2, 0.25) is 0 Å². The Morgan fingerprint density at radius 1 is 1.42 bits per heavy atom. The monoisotopic (exact) mass is 271 g/mol. The molecule has 0 aromatic rings. The highest BCUT2D eigenvalue weighted by Crippen LogP contribution is 2.29. The Morgan fingerprint density at radius 3 is 2.53 bits per heavy atom. The Bertz CT molecular complexity index is 325. The van der Waals surface area contributed by atoms with Crippen LogP contribution >= 0.6 is 0 Å². The average Bonchev–Trinajstić information content (AvgIpc) is 2.68. The largest absolute Gasteiger partial charge is 0.387 e. The zero-order valence-electron chi connectivity index (χ0n) is 12.1.